The molecule has 1 fully saturated rings. The molecule has 0 saturated carbocycles. The van der Waals surface area contributed by atoms with Gasteiger partial charge in [0.25, 0.3) is 5.91 Å². The van der Waals surface area contributed by atoms with Gasteiger partial charge in [-0.25, -0.2) is 0 Å². The fraction of sp³-hybridized carbons (Fsp3) is 0.348. The number of hydrogen-bond acceptors (Lipinski definition) is 4. The van der Waals surface area contributed by atoms with Crippen molar-refractivity contribution in [3.05, 3.63) is 64.7 Å². The molecule has 7 heteroatoms. The van der Waals surface area contributed by atoms with E-state index in [0.717, 1.165) is 5.56 Å². The van der Waals surface area contributed by atoms with Crippen molar-refractivity contribution in [3.8, 4) is 5.75 Å². The molecule has 158 valence electrons. The van der Waals surface area contributed by atoms with Crippen LogP contribution in [0.1, 0.15) is 35.2 Å². The molecular formula is C23H24ClNO5. The molecule has 3 rings (SSSR count). The predicted molar refractivity (Wildman–Crippen MR) is 113 cm³/mol. The van der Waals surface area contributed by atoms with Gasteiger partial charge in [-0.3, -0.25) is 14.4 Å². The maximum absolute atomic E-state index is 12.6. The number of hydrogen-bond donors (Lipinski definition) is 1. The van der Waals surface area contributed by atoms with Crippen molar-refractivity contribution in [1.29, 1.82) is 0 Å². The number of likely N-dealkylation sites (tertiary alicyclic amines) is 1. The molecule has 2 aromatic carbocycles. The van der Waals surface area contributed by atoms with E-state index in [-0.39, 0.29) is 30.6 Å². The van der Waals surface area contributed by atoms with Gasteiger partial charge in [-0.1, -0.05) is 23.7 Å². The standard InChI is InChI=1S/C23H24ClNO5/c24-19-6-4-17(5-7-19)23(29)18-11-13-25(14-12-18)21(26)15-30-20-8-1-16(2-9-20)3-10-22(27)28/h1-2,4-9,18H,3,10-15H2,(H,27,28). The molecule has 6 nitrogen and oxygen atoms in total. The van der Waals surface area contributed by atoms with Crippen molar-refractivity contribution in [2.45, 2.75) is 25.7 Å². The largest absolute Gasteiger partial charge is 0.484 e. The number of halogens is 1. The zero-order valence-electron chi connectivity index (χ0n) is 16.6. The Hall–Kier alpha value is -2.86. The van der Waals surface area contributed by atoms with Crippen LogP contribution in [0.3, 0.4) is 0 Å². The SMILES string of the molecule is O=C(O)CCc1ccc(OCC(=O)N2CCC(C(=O)c3ccc(Cl)cc3)CC2)cc1. The number of benzene rings is 2. The molecule has 0 radical (unpaired) electrons. The number of carboxylic acids is 1. The summed E-state index contributed by atoms with van der Waals surface area (Å²) in [7, 11) is 0. The summed E-state index contributed by atoms with van der Waals surface area (Å²) < 4.78 is 5.57. The Balaban J connectivity index is 1.43. The first-order chi connectivity index (χ1) is 14.4. The number of aliphatic carboxylic acids is 1. The lowest BCUT2D eigenvalue weighted by Gasteiger charge is -2.31. The molecule has 0 atom stereocenters. The van der Waals surface area contributed by atoms with Crippen molar-refractivity contribution in [2.24, 2.45) is 5.92 Å². The highest BCUT2D eigenvalue weighted by molar-refractivity contribution is 6.30. The van der Waals surface area contributed by atoms with Crippen LogP contribution >= 0.6 is 11.6 Å². The summed E-state index contributed by atoms with van der Waals surface area (Å²) in [5.41, 5.74) is 1.56. The van der Waals surface area contributed by atoms with Crippen molar-refractivity contribution in [2.75, 3.05) is 19.7 Å². The smallest absolute Gasteiger partial charge is 0.303 e. The second-order valence-corrected chi connectivity index (χ2v) is 7.79. The van der Waals surface area contributed by atoms with E-state index in [1.165, 1.54) is 0 Å². The van der Waals surface area contributed by atoms with Crippen molar-refractivity contribution in [3.63, 3.8) is 0 Å². The lowest BCUT2D eigenvalue weighted by Crippen LogP contribution is -2.42. The van der Waals surface area contributed by atoms with Gasteiger partial charge in [-0.05, 0) is 61.2 Å². The van der Waals surface area contributed by atoms with E-state index in [1.54, 1.807) is 53.4 Å². The Morgan fingerprint density at radius 1 is 1.00 bits per heavy atom. The Morgan fingerprint density at radius 3 is 2.23 bits per heavy atom. The van der Waals surface area contributed by atoms with E-state index in [9.17, 15) is 14.4 Å². The summed E-state index contributed by atoms with van der Waals surface area (Å²) in [5, 5.41) is 9.32. The van der Waals surface area contributed by atoms with Crippen LogP contribution in [-0.2, 0) is 16.0 Å². The zero-order valence-corrected chi connectivity index (χ0v) is 17.3. The van der Waals surface area contributed by atoms with Crippen LogP contribution in [0.25, 0.3) is 0 Å². The normalized spacial score (nSPS) is 14.4. The average molecular weight is 430 g/mol. The third kappa shape index (κ3) is 6.07. The van der Waals surface area contributed by atoms with Gasteiger partial charge in [0.1, 0.15) is 5.75 Å². The molecule has 0 unspecified atom stereocenters. The molecule has 0 aliphatic carbocycles. The number of carbonyl (C=O) groups is 3. The highest BCUT2D eigenvalue weighted by Crippen LogP contribution is 2.23. The minimum Gasteiger partial charge on any atom is -0.484 e. The minimum absolute atomic E-state index is 0.0652. The molecule has 1 amide bonds. The van der Waals surface area contributed by atoms with Crippen LogP contribution in [-0.4, -0.2) is 47.4 Å². The Bertz CT molecular complexity index is 887. The first kappa shape index (κ1) is 21.8. The van der Waals surface area contributed by atoms with Gasteiger partial charge < -0.3 is 14.7 Å². The monoisotopic (exact) mass is 429 g/mol. The van der Waals surface area contributed by atoms with Crippen molar-refractivity contribution >= 4 is 29.3 Å². The van der Waals surface area contributed by atoms with Crippen LogP contribution in [0, 0.1) is 5.92 Å². The Labute approximate surface area is 180 Å². The van der Waals surface area contributed by atoms with E-state index in [2.05, 4.69) is 0 Å². The third-order valence-corrected chi connectivity index (χ3v) is 5.51. The predicted octanol–water partition coefficient (Wildman–Crippen LogP) is 3.86. The maximum Gasteiger partial charge on any atom is 0.303 e. The van der Waals surface area contributed by atoms with Crippen molar-refractivity contribution in [1.82, 2.24) is 4.90 Å². The summed E-state index contributed by atoms with van der Waals surface area (Å²) in [6.07, 6.45) is 1.80. The van der Waals surface area contributed by atoms with Gasteiger partial charge in [0, 0.05) is 36.0 Å². The van der Waals surface area contributed by atoms with Crippen LogP contribution < -0.4 is 4.74 Å². The Kier molecular flexibility index (Phi) is 7.46. The summed E-state index contributed by atoms with van der Waals surface area (Å²) in [4.78, 5) is 37.4. The number of piperidine rings is 1. The van der Waals surface area contributed by atoms with Gasteiger partial charge in [-0.15, -0.1) is 0 Å². The third-order valence-electron chi connectivity index (χ3n) is 5.26. The van der Waals surface area contributed by atoms with Gasteiger partial charge in [0.15, 0.2) is 12.4 Å². The molecule has 1 saturated heterocycles. The number of carbonyl (C=O) groups excluding carboxylic acids is 2. The van der Waals surface area contributed by atoms with E-state index < -0.39 is 5.97 Å². The van der Waals surface area contributed by atoms with E-state index in [4.69, 9.17) is 21.4 Å². The van der Waals surface area contributed by atoms with Gasteiger partial charge in [0.05, 0.1) is 0 Å². The Morgan fingerprint density at radius 2 is 1.63 bits per heavy atom. The number of nitrogens with zero attached hydrogens (tertiary/aromatic N) is 1. The summed E-state index contributed by atoms with van der Waals surface area (Å²) in [5.74, 6) is -0.371. The first-order valence-electron chi connectivity index (χ1n) is 9.93. The molecule has 1 N–H and O–H groups in total. The zero-order chi connectivity index (χ0) is 21.5. The molecular weight excluding hydrogens is 406 g/mol. The van der Waals surface area contributed by atoms with E-state index in [0.29, 0.717) is 48.7 Å². The maximum atomic E-state index is 12.6. The second-order valence-electron chi connectivity index (χ2n) is 7.35. The number of ketones is 1. The molecule has 2 aromatic rings. The van der Waals surface area contributed by atoms with E-state index in [1.807, 2.05) is 0 Å². The number of rotatable bonds is 8. The number of carboxylic acid groups (broad SMARTS) is 1. The highest BCUT2D eigenvalue weighted by Gasteiger charge is 2.28. The molecule has 1 aliphatic heterocycles. The fourth-order valence-electron chi connectivity index (χ4n) is 3.48. The second kappa shape index (κ2) is 10.3. The summed E-state index contributed by atoms with van der Waals surface area (Å²) in [6, 6.07) is 14.0. The van der Waals surface area contributed by atoms with Crippen LogP contribution in [0.15, 0.2) is 48.5 Å². The van der Waals surface area contributed by atoms with Crippen LogP contribution in [0.2, 0.25) is 5.02 Å². The molecule has 1 heterocycles. The lowest BCUT2D eigenvalue weighted by molar-refractivity contribution is -0.137. The van der Waals surface area contributed by atoms with Gasteiger partial charge in [0.2, 0.25) is 0 Å². The fourth-order valence-corrected chi connectivity index (χ4v) is 3.61. The summed E-state index contributed by atoms with van der Waals surface area (Å²) in [6.45, 7) is 0.991. The van der Waals surface area contributed by atoms with Crippen molar-refractivity contribution < 1.29 is 24.2 Å². The highest BCUT2D eigenvalue weighted by atomic mass is 35.5. The molecule has 1 aliphatic rings. The minimum atomic E-state index is -0.834. The van der Waals surface area contributed by atoms with Gasteiger partial charge in [-0.2, -0.15) is 0 Å². The molecule has 0 aromatic heterocycles. The quantitative estimate of drug-likeness (QED) is 0.644. The van der Waals surface area contributed by atoms with Gasteiger partial charge >= 0.3 is 5.97 Å². The molecule has 30 heavy (non-hydrogen) atoms. The lowest BCUT2D eigenvalue weighted by atomic mass is 9.89. The molecule has 0 spiro atoms. The number of amides is 1. The van der Waals surface area contributed by atoms with Crippen LogP contribution in [0.4, 0.5) is 0 Å². The van der Waals surface area contributed by atoms with E-state index >= 15 is 0 Å². The number of aryl methyl sites for hydroxylation is 1. The summed E-state index contributed by atoms with van der Waals surface area (Å²) >= 11 is 5.87. The van der Waals surface area contributed by atoms with Crippen LogP contribution in [0.5, 0.6) is 5.75 Å². The number of ether oxygens (including phenoxy) is 1. The topological polar surface area (TPSA) is 83.9 Å². The average Bonchev–Trinajstić information content (AvgIpc) is 2.77. The molecule has 0 bridgehead atoms. The first-order valence-corrected chi connectivity index (χ1v) is 10.3. The number of Topliss-reactive ketones (excluding diaryl/α,β-unsaturated/α-hetero) is 1.